The predicted octanol–water partition coefficient (Wildman–Crippen LogP) is 2.05. The van der Waals surface area contributed by atoms with Crippen molar-refractivity contribution in [2.45, 2.75) is 13.3 Å². The maximum absolute atomic E-state index is 13.8. The highest BCUT2D eigenvalue weighted by atomic mass is 19.1. The van der Waals surface area contributed by atoms with Crippen LogP contribution >= 0.6 is 0 Å². The van der Waals surface area contributed by atoms with Gasteiger partial charge in [-0.05, 0) is 19.1 Å². The monoisotopic (exact) mass is 295 g/mol. The SMILES string of the molecule is CCOC(=O)CC[N+]1(C)CCN(c2ccccc2F)CC1. The van der Waals surface area contributed by atoms with Crippen molar-refractivity contribution in [1.29, 1.82) is 0 Å². The maximum Gasteiger partial charge on any atom is 0.311 e. The first kappa shape index (κ1) is 15.8. The predicted molar refractivity (Wildman–Crippen MR) is 80.6 cm³/mol. The van der Waals surface area contributed by atoms with E-state index in [4.69, 9.17) is 4.74 Å². The summed E-state index contributed by atoms with van der Waals surface area (Å²) in [7, 11) is 2.15. The van der Waals surface area contributed by atoms with E-state index in [-0.39, 0.29) is 11.8 Å². The van der Waals surface area contributed by atoms with E-state index >= 15 is 0 Å². The number of halogens is 1. The lowest BCUT2D eigenvalue weighted by Crippen LogP contribution is -2.58. The summed E-state index contributed by atoms with van der Waals surface area (Å²) in [5, 5.41) is 0. The van der Waals surface area contributed by atoms with Crippen LogP contribution < -0.4 is 4.90 Å². The fraction of sp³-hybridized carbons (Fsp3) is 0.562. The molecular formula is C16H24FN2O2+. The number of rotatable bonds is 5. The Bertz CT molecular complexity index is 485. The van der Waals surface area contributed by atoms with E-state index in [1.807, 2.05) is 19.1 Å². The van der Waals surface area contributed by atoms with Gasteiger partial charge in [-0.15, -0.1) is 0 Å². The number of ether oxygens (including phenoxy) is 1. The molecule has 0 saturated carbocycles. The second-order valence-corrected chi connectivity index (χ2v) is 5.78. The highest BCUT2D eigenvalue weighted by molar-refractivity contribution is 5.69. The molecule has 1 aliphatic rings. The molecule has 0 atom stereocenters. The summed E-state index contributed by atoms with van der Waals surface area (Å²) in [5.74, 6) is -0.298. The molecule has 0 spiro atoms. The fourth-order valence-electron chi connectivity index (χ4n) is 2.71. The van der Waals surface area contributed by atoms with E-state index in [0.717, 1.165) is 37.2 Å². The minimum Gasteiger partial charge on any atom is -0.466 e. The zero-order valence-electron chi connectivity index (χ0n) is 12.8. The number of piperazine rings is 1. The molecule has 1 saturated heterocycles. The van der Waals surface area contributed by atoms with Gasteiger partial charge in [0.25, 0.3) is 0 Å². The van der Waals surface area contributed by atoms with E-state index in [1.54, 1.807) is 6.07 Å². The highest BCUT2D eigenvalue weighted by Gasteiger charge is 2.30. The topological polar surface area (TPSA) is 29.5 Å². The maximum atomic E-state index is 13.8. The molecule has 5 heteroatoms. The summed E-state index contributed by atoms with van der Waals surface area (Å²) in [5.41, 5.74) is 0.675. The molecule has 116 valence electrons. The summed E-state index contributed by atoms with van der Waals surface area (Å²) < 4.78 is 19.6. The van der Waals surface area contributed by atoms with Crippen LogP contribution in [0, 0.1) is 5.82 Å². The molecule has 1 aromatic rings. The van der Waals surface area contributed by atoms with E-state index < -0.39 is 0 Å². The molecule has 0 radical (unpaired) electrons. The largest absolute Gasteiger partial charge is 0.466 e. The van der Waals surface area contributed by atoms with Crippen LogP contribution in [0.3, 0.4) is 0 Å². The minimum absolute atomic E-state index is 0.131. The number of nitrogens with zero attached hydrogens (tertiary/aromatic N) is 2. The fourth-order valence-corrected chi connectivity index (χ4v) is 2.71. The quantitative estimate of drug-likeness (QED) is 0.615. The lowest BCUT2D eigenvalue weighted by molar-refractivity contribution is -0.909. The van der Waals surface area contributed by atoms with Gasteiger partial charge in [0.2, 0.25) is 0 Å². The molecule has 2 rings (SSSR count). The molecule has 1 aromatic carbocycles. The number of hydrogen-bond donors (Lipinski definition) is 0. The van der Waals surface area contributed by atoms with Gasteiger partial charge < -0.3 is 14.1 Å². The molecule has 0 aromatic heterocycles. The molecule has 0 N–H and O–H groups in total. The van der Waals surface area contributed by atoms with Crippen molar-refractivity contribution in [2.24, 2.45) is 0 Å². The standard InChI is InChI=1S/C16H24FN2O2/c1-3-21-16(20)8-11-19(2)12-9-18(10-13-19)15-7-5-4-6-14(15)17/h4-7H,3,8-13H2,1-2H3/q+1. The third-order valence-corrected chi connectivity index (χ3v) is 4.17. The van der Waals surface area contributed by atoms with Crippen LogP contribution in [0.4, 0.5) is 10.1 Å². The Labute approximate surface area is 125 Å². The van der Waals surface area contributed by atoms with Crippen molar-refractivity contribution in [3.05, 3.63) is 30.1 Å². The van der Waals surface area contributed by atoms with Crippen LogP contribution in [-0.2, 0) is 9.53 Å². The van der Waals surface area contributed by atoms with Crippen LogP contribution in [0.25, 0.3) is 0 Å². The molecule has 0 aliphatic carbocycles. The van der Waals surface area contributed by atoms with Crippen molar-refractivity contribution in [3.8, 4) is 0 Å². The second-order valence-electron chi connectivity index (χ2n) is 5.78. The minimum atomic E-state index is -0.167. The number of carbonyl (C=O) groups excluding carboxylic acids is 1. The first-order valence-electron chi connectivity index (χ1n) is 7.53. The average molecular weight is 295 g/mol. The van der Waals surface area contributed by atoms with Gasteiger partial charge in [-0.2, -0.15) is 0 Å². The van der Waals surface area contributed by atoms with Gasteiger partial charge in [0, 0.05) is 0 Å². The summed E-state index contributed by atoms with van der Waals surface area (Å²) in [6, 6.07) is 6.90. The molecule has 1 aliphatic heterocycles. The third kappa shape index (κ3) is 4.17. The first-order chi connectivity index (χ1) is 10.0. The number of carbonyl (C=O) groups is 1. The van der Waals surface area contributed by atoms with E-state index in [9.17, 15) is 9.18 Å². The number of quaternary nitrogens is 1. The molecule has 4 nitrogen and oxygen atoms in total. The summed E-state index contributed by atoms with van der Waals surface area (Å²) in [4.78, 5) is 13.5. The third-order valence-electron chi connectivity index (χ3n) is 4.17. The number of para-hydroxylation sites is 1. The number of likely N-dealkylation sites (N-methyl/N-ethyl adjacent to an activating group) is 1. The van der Waals surface area contributed by atoms with Crippen molar-refractivity contribution in [1.82, 2.24) is 0 Å². The Morgan fingerprint density at radius 1 is 1.33 bits per heavy atom. The van der Waals surface area contributed by atoms with Crippen LogP contribution in [0.2, 0.25) is 0 Å². The van der Waals surface area contributed by atoms with E-state index in [1.165, 1.54) is 6.07 Å². The highest BCUT2D eigenvalue weighted by Crippen LogP contribution is 2.22. The number of esters is 1. The normalized spacial score (nSPS) is 17.6. The zero-order chi connectivity index (χ0) is 15.3. The molecule has 1 fully saturated rings. The van der Waals surface area contributed by atoms with Gasteiger partial charge in [-0.25, -0.2) is 4.39 Å². The van der Waals surface area contributed by atoms with Crippen LogP contribution in [0.5, 0.6) is 0 Å². The van der Waals surface area contributed by atoms with Crippen molar-refractivity contribution >= 4 is 11.7 Å². The second kappa shape index (κ2) is 6.89. The van der Waals surface area contributed by atoms with Gasteiger partial charge in [0.05, 0.1) is 58.5 Å². The van der Waals surface area contributed by atoms with Crippen LogP contribution in [0.1, 0.15) is 13.3 Å². The van der Waals surface area contributed by atoms with Gasteiger partial charge >= 0.3 is 5.97 Å². The lowest BCUT2D eigenvalue weighted by Gasteiger charge is -2.42. The molecule has 1 heterocycles. The van der Waals surface area contributed by atoms with Gasteiger partial charge in [-0.3, -0.25) is 4.79 Å². The van der Waals surface area contributed by atoms with Gasteiger partial charge in [0.15, 0.2) is 0 Å². The molecule has 0 bridgehead atoms. The number of anilines is 1. The van der Waals surface area contributed by atoms with Gasteiger partial charge in [0.1, 0.15) is 5.82 Å². The number of hydrogen-bond acceptors (Lipinski definition) is 3. The van der Waals surface area contributed by atoms with E-state index in [2.05, 4.69) is 11.9 Å². The van der Waals surface area contributed by atoms with Crippen molar-refractivity contribution in [2.75, 3.05) is 51.3 Å². The molecule has 0 unspecified atom stereocenters. The Hall–Kier alpha value is -1.62. The zero-order valence-corrected chi connectivity index (χ0v) is 12.8. The van der Waals surface area contributed by atoms with Crippen LogP contribution in [-0.4, -0.2) is 56.8 Å². The smallest absolute Gasteiger partial charge is 0.311 e. The molecular weight excluding hydrogens is 271 g/mol. The average Bonchev–Trinajstić information content (AvgIpc) is 2.47. The Morgan fingerprint density at radius 3 is 2.62 bits per heavy atom. The Morgan fingerprint density at radius 2 is 2.00 bits per heavy atom. The first-order valence-corrected chi connectivity index (χ1v) is 7.53. The van der Waals surface area contributed by atoms with Gasteiger partial charge in [-0.1, -0.05) is 12.1 Å². The summed E-state index contributed by atoms with van der Waals surface area (Å²) >= 11 is 0. The summed E-state index contributed by atoms with van der Waals surface area (Å²) in [6.45, 7) is 6.47. The summed E-state index contributed by atoms with van der Waals surface area (Å²) in [6.07, 6.45) is 0.448. The number of benzene rings is 1. The Kier molecular flexibility index (Phi) is 5.17. The van der Waals surface area contributed by atoms with E-state index in [0.29, 0.717) is 18.7 Å². The van der Waals surface area contributed by atoms with Crippen molar-refractivity contribution in [3.63, 3.8) is 0 Å². The lowest BCUT2D eigenvalue weighted by atomic mass is 10.2. The van der Waals surface area contributed by atoms with Crippen molar-refractivity contribution < 1.29 is 18.4 Å². The Balaban J connectivity index is 1.87. The molecule has 21 heavy (non-hydrogen) atoms. The van der Waals surface area contributed by atoms with Crippen LogP contribution in [0.15, 0.2) is 24.3 Å². The molecule has 0 amide bonds.